The summed E-state index contributed by atoms with van der Waals surface area (Å²) in [5.74, 6) is 1.74. The Morgan fingerprint density at radius 1 is 0.950 bits per heavy atom. The molecular formula is C18H26O2. The van der Waals surface area contributed by atoms with E-state index in [1.807, 2.05) is 6.07 Å². The lowest BCUT2D eigenvalue weighted by Gasteiger charge is -2.18. The number of ether oxygens (including phenoxy) is 2. The molecule has 0 fully saturated rings. The van der Waals surface area contributed by atoms with Crippen LogP contribution in [0.5, 0.6) is 11.5 Å². The number of allylic oxidation sites excluding steroid dienone is 1. The molecule has 0 unspecified atom stereocenters. The van der Waals surface area contributed by atoms with Gasteiger partial charge in [0.15, 0.2) is 11.5 Å². The molecule has 0 spiro atoms. The van der Waals surface area contributed by atoms with Crippen molar-refractivity contribution in [3.63, 3.8) is 0 Å². The van der Waals surface area contributed by atoms with Crippen molar-refractivity contribution in [1.29, 1.82) is 0 Å². The van der Waals surface area contributed by atoms with E-state index < -0.39 is 0 Å². The van der Waals surface area contributed by atoms with Crippen LogP contribution in [0.4, 0.5) is 0 Å². The minimum absolute atomic E-state index is 0.651. The first kappa shape index (κ1) is 15.0. The molecule has 20 heavy (non-hydrogen) atoms. The summed E-state index contributed by atoms with van der Waals surface area (Å²) in [6.07, 6.45) is 13.7. The van der Waals surface area contributed by atoms with E-state index >= 15 is 0 Å². The molecule has 0 atom stereocenters. The summed E-state index contributed by atoms with van der Waals surface area (Å²) < 4.78 is 11.1. The minimum atomic E-state index is 0.651. The van der Waals surface area contributed by atoms with Gasteiger partial charge in [-0.3, -0.25) is 0 Å². The van der Waals surface area contributed by atoms with Crippen molar-refractivity contribution in [2.75, 3.05) is 13.2 Å². The van der Waals surface area contributed by atoms with Crippen LogP contribution >= 0.6 is 0 Å². The molecule has 110 valence electrons. The van der Waals surface area contributed by atoms with Crippen LogP contribution in [0.15, 0.2) is 24.3 Å². The third-order valence-electron chi connectivity index (χ3n) is 3.60. The normalized spacial score (nSPS) is 13.8. The molecule has 0 radical (unpaired) electrons. The largest absolute Gasteiger partial charge is 0.486 e. The van der Waals surface area contributed by atoms with Gasteiger partial charge in [-0.1, -0.05) is 57.2 Å². The molecule has 0 amide bonds. The molecule has 0 aromatic heterocycles. The van der Waals surface area contributed by atoms with Gasteiger partial charge in [-0.25, -0.2) is 0 Å². The first-order valence-electron chi connectivity index (χ1n) is 7.96. The minimum Gasteiger partial charge on any atom is -0.486 e. The molecule has 0 saturated carbocycles. The third-order valence-corrected chi connectivity index (χ3v) is 3.60. The Balaban J connectivity index is 1.69. The fourth-order valence-electron chi connectivity index (χ4n) is 2.43. The zero-order chi connectivity index (χ0) is 14.0. The highest BCUT2D eigenvalue weighted by atomic mass is 16.6. The topological polar surface area (TPSA) is 18.5 Å². The number of fused-ring (bicyclic) bond motifs is 1. The van der Waals surface area contributed by atoms with Gasteiger partial charge in [0.1, 0.15) is 13.2 Å². The second-order valence-electron chi connectivity index (χ2n) is 5.36. The number of hydrogen-bond acceptors (Lipinski definition) is 2. The molecular weight excluding hydrogens is 248 g/mol. The monoisotopic (exact) mass is 274 g/mol. The van der Waals surface area contributed by atoms with Gasteiger partial charge in [-0.05, 0) is 30.5 Å². The molecule has 0 bridgehead atoms. The molecule has 1 aliphatic rings. The van der Waals surface area contributed by atoms with Gasteiger partial charge in [0.25, 0.3) is 0 Å². The van der Waals surface area contributed by atoms with E-state index in [4.69, 9.17) is 9.47 Å². The van der Waals surface area contributed by atoms with Crippen molar-refractivity contribution >= 4 is 6.08 Å². The maximum absolute atomic E-state index is 5.59. The zero-order valence-corrected chi connectivity index (χ0v) is 12.6. The van der Waals surface area contributed by atoms with Gasteiger partial charge in [-0.15, -0.1) is 0 Å². The summed E-state index contributed by atoms with van der Waals surface area (Å²) in [5.41, 5.74) is 1.19. The Labute approximate surface area is 122 Å². The number of rotatable bonds is 8. The van der Waals surface area contributed by atoms with Crippen molar-refractivity contribution in [2.45, 2.75) is 51.9 Å². The third kappa shape index (κ3) is 4.92. The first-order chi connectivity index (χ1) is 9.90. The van der Waals surface area contributed by atoms with Gasteiger partial charge in [0.2, 0.25) is 0 Å². The van der Waals surface area contributed by atoms with E-state index in [-0.39, 0.29) is 0 Å². The summed E-state index contributed by atoms with van der Waals surface area (Å²) in [6, 6.07) is 6.15. The highest BCUT2D eigenvalue weighted by molar-refractivity contribution is 5.56. The van der Waals surface area contributed by atoms with Crippen LogP contribution in [0.1, 0.15) is 57.4 Å². The molecule has 1 heterocycles. The Bertz CT molecular complexity index is 423. The summed E-state index contributed by atoms with van der Waals surface area (Å²) in [6.45, 7) is 3.56. The maximum atomic E-state index is 5.59. The van der Waals surface area contributed by atoms with Crippen molar-refractivity contribution in [3.8, 4) is 11.5 Å². The summed E-state index contributed by atoms with van der Waals surface area (Å²) >= 11 is 0. The number of benzene rings is 1. The second-order valence-corrected chi connectivity index (χ2v) is 5.36. The van der Waals surface area contributed by atoms with Gasteiger partial charge in [0.05, 0.1) is 0 Å². The average molecular weight is 274 g/mol. The van der Waals surface area contributed by atoms with Crippen LogP contribution in [0, 0.1) is 0 Å². The summed E-state index contributed by atoms with van der Waals surface area (Å²) in [7, 11) is 0. The second kappa shape index (κ2) is 8.68. The Morgan fingerprint density at radius 3 is 2.55 bits per heavy atom. The molecule has 2 heteroatoms. The van der Waals surface area contributed by atoms with E-state index in [2.05, 4.69) is 31.2 Å². The van der Waals surface area contributed by atoms with Gasteiger partial charge >= 0.3 is 0 Å². The van der Waals surface area contributed by atoms with Gasteiger partial charge in [0, 0.05) is 0 Å². The maximum Gasteiger partial charge on any atom is 0.161 e. The standard InChI is InChI=1S/C18H26O2/c1-2-3-4-5-6-7-8-9-10-16-11-12-17-18(15-16)20-14-13-19-17/h9-12,15H,2-8,13-14H2,1H3/b10-9-. The SMILES string of the molecule is CCCCCCCC/C=C\c1ccc2c(c1)OCCO2. The van der Waals surface area contributed by atoms with Crippen LogP contribution < -0.4 is 9.47 Å². The molecule has 0 saturated heterocycles. The van der Waals surface area contributed by atoms with Crippen LogP contribution in [0.25, 0.3) is 6.08 Å². The molecule has 1 aromatic rings. The van der Waals surface area contributed by atoms with Crippen molar-refractivity contribution in [1.82, 2.24) is 0 Å². The first-order valence-corrected chi connectivity index (χ1v) is 7.96. The fraction of sp³-hybridized carbons (Fsp3) is 0.556. The van der Waals surface area contributed by atoms with Crippen LogP contribution in [0.3, 0.4) is 0 Å². The molecule has 0 N–H and O–H groups in total. The zero-order valence-electron chi connectivity index (χ0n) is 12.6. The van der Waals surface area contributed by atoms with Crippen LogP contribution in [0.2, 0.25) is 0 Å². The summed E-state index contributed by atoms with van der Waals surface area (Å²) in [4.78, 5) is 0. The Morgan fingerprint density at radius 2 is 1.70 bits per heavy atom. The average Bonchev–Trinajstić information content (AvgIpc) is 2.50. The lowest BCUT2D eigenvalue weighted by molar-refractivity contribution is 0.171. The Hall–Kier alpha value is -1.44. The fourth-order valence-corrected chi connectivity index (χ4v) is 2.43. The quantitative estimate of drug-likeness (QED) is 0.605. The number of hydrogen-bond donors (Lipinski definition) is 0. The molecule has 0 aliphatic carbocycles. The lowest BCUT2D eigenvalue weighted by Crippen LogP contribution is -2.15. The summed E-state index contributed by atoms with van der Waals surface area (Å²) in [5, 5.41) is 0. The predicted octanol–water partition coefficient (Wildman–Crippen LogP) is 5.22. The van der Waals surface area contributed by atoms with E-state index in [9.17, 15) is 0 Å². The highest BCUT2D eigenvalue weighted by Crippen LogP contribution is 2.31. The van der Waals surface area contributed by atoms with Gasteiger partial charge < -0.3 is 9.47 Å². The molecule has 1 aliphatic heterocycles. The smallest absolute Gasteiger partial charge is 0.161 e. The highest BCUT2D eigenvalue weighted by Gasteiger charge is 2.10. The van der Waals surface area contributed by atoms with E-state index in [1.54, 1.807) is 0 Å². The van der Waals surface area contributed by atoms with E-state index in [1.165, 1.54) is 50.5 Å². The lowest BCUT2D eigenvalue weighted by atomic mass is 10.1. The predicted molar refractivity (Wildman–Crippen MR) is 84.5 cm³/mol. The van der Waals surface area contributed by atoms with Crippen LogP contribution in [-0.4, -0.2) is 13.2 Å². The Kier molecular flexibility index (Phi) is 6.49. The van der Waals surface area contributed by atoms with E-state index in [0.29, 0.717) is 13.2 Å². The molecule has 1 aromatic carbocycles. The van der Waals surface area contributed by atoms with Crippen molar-refractivity contribution in [2.24, 2.45) is 0 Å². The van der Waals surface area contributed by atoms with Gasteiger partial charge in [-0.2, -0.15) is 0 Å². The van der Waals surface area contributed by atoms with Crippen LogP contribution in [-0.2, 0) is 0 Å². The van der Waals surface area contributed by atoms with E-state index in [0.717, 1.165) is 11.5 Å². The number of unbranched alkanes of at least 4 members (excludes halogenated alkanes) is 6. The van der Waals surface area contributed by atoms with Crippen molar-refractivity contribution < 1.29 is 9.47 Å². The molecule has 2 nitrogen and oxygen atoms in total. The molecule has 2 rings (SSSR count). The van der Waals surface area contributed by atoms with Crippen molar-refractivity contribution in [3.05, 3.63) is 29.8 Å².